The zero-order valence-corrected chi connectivity index (χ0v) is 9.77. The van der Waals surface area contributed by atoms with Gasteiger partial charge in [0.05, 0.1) is 16.8 Å². The van der Waals surface area contributed by atoms with Crippen LogP contribution in [0.1, 0.15) is 40.5 Å². The van der Waals surface area contributed by atoms with Gasteiger partial charge in [0.25, 0.3) is 0 Å². The predicted molar refractivity (Wildman–Crippen MR) is 63.9 cm³/mol. The lowest BCUT2D eigenvalue weighted by Crippen LogP contribution is -2.16. The molecule has 1 amide bonds. The molecule has 0 radical (unpaired) electrons. The van der Waals surface area contributed by atoms with Crippen LogP contribution in [0.3, 0.4) is 0 Å². The third-order valence-electron chi connectivity index (χ3n) is 2.26. The number of nitrogens with one attached hydrogen (secondary N) is 1. The molecule has 0 atom stereocenters. The van der Waals surface area contributed by atoms with Crippen LogP contribution < -0.4 is 5.32 Å². The normalized spacial score (nSPS) is 9.83. The zero-order chi connectivity index (χ0) is 13.7. The van der Waals surface area contributed by atoms with E-state index in [0.717, 1.165) is 0 Å². The lowest BCUT2D eigenvalue weighted by molar-refractivity contribution is -0.116. The van der Waals surface area contributed by atoms with Crippen molar-refractivity contribution < 1.29 is 24.6 Å². The number of benzene rings is 1. The van der Waals surface area contributed by atoms with Gasteiger partial charge in [-0.15, -0.1) is 0 Å². The first kappa shape index (κ1) is 13.7. The third-order valence-corrected chi connectivity index (χ3v) is 2.26. The highest BCUT2D eigenvalue weighted by Crippen LogP contribution is 2.20. The fourth-order valence-corrected chi connectivity index (χ4v) is 1.50. The molecular weight excluding hydrogens is 238 g/mol. The lowest BCUT2D eigenvalue weighted by Gasteiger charge is -2.10. The summed E-state index contributed by atoms with van der Waals surface area (Å²) in [6.07, 6.45) is 0.864. The quantitative estimate of drug-likeness (QED) is 0.740. The van der Waals surface area contributed by atoms with Gasteiger partial charge in [0.15, 0.2) is 0 Å². The smallest absolute Gasteiger partial charge is 0.338 e. The highest BCUT2D eigenvalue weighted by atomic mass is 16.4. The molecule has 1 aromatic carbocycles. The zero-order valence-electron chi connectivity index (χ0n) is 9.77. The van der Waals surface area contributed by atoms with Crippen molar-refractivity contribution in [3.63, 3.8) is 0 Å². The number of hydrogen-bond donors (Lipinski definition) is 3. The molecule has 0 aliphatic heterocycles. The minimum atomic E-state index is -1.39. The average Bonchev–Trinajstić information content (AvgIpc) is 2.28. The van der Waals surface area contributed by atoms with Gasteiger partial charge < -0.3 is 15.5 Å². The van der Waals surface area contributed by atoms with E-state index in [1.165, 1.54) is 18.2 Å². The molecule has 0 spiro atoms. The summed E-state index contributed by atoms with van der Waals surface area (Å²) in [6.45, 7) is 1.81. The van der Waals surface area contributed by atoms with Crippen LogP contribution in [0.4, 0.5) is 5.69 Å². The van der Waals surface area contributed by atoms with E-state index in [1.54, 1.807) is 0 Å². The Labute approximate surface area is 103 Å². The topological polar surface area (TPSA) is 104 Å². The van der Waals surface area contributed by atoms with Crippen LogP contribution in [-0.4, -0.2) is 28.1 Å². The van der Waals surface area contributed by atoms with E-state index in [1.807, 2.05) is 6.92 Å². The molecule has 18 heavy (non-hydrogen) atoms. The van der Waals surface area contributed by atoms with Crippen molar-refractivity contribution in [3.8, 4) is 0 Å². The van der Waals surface area contributed by atoms with Crippen molar-refractivity contribution in [3.05, 3.63) is 29.3 Å². The van der Waals surface area contributed by atoms with Gasteiger partial charge in [0.1, 0.15) is 0 Å². The number of carboxylic acid groups (broad SMARTS) is 2. The molecule has 0 fully saturated rings. The van der Waals surface area contributed by atoms with E-state index in [0.29, 0.717) is 6.42 Å². The summed E-state index contributed by atoms with van der Waals surface area (Å²) >= 11 is 0. The highest BCUT2D eigenvalue weighted by Gasteiger charge is 2.20. The van der Waals surface area contributed by atoms with Gasteiger partial charge in [-0.1, -0.05) is 13.0 Å². The average molecular weight is 251 g/mol. The second-order valence-corrected chi connectivity index (χ2v) is 3.64. The van der Waals surface area contributed by atoms with Crippen molar-refractivity contribution in [1.29, 1.82) is 0 Å². The lowest BCUT2D eigenvalue weighted by atomic mass is 10.1. The molecular formula is C12H13NO5. The van der Waals surface area contributed by atoms with E-state index in [9.17, 15) is 14.4 Å². The molecule has 96 valence electrons. The standard InChI is InChI=1S/C12H13NO5/c1-2-4-9(14)13-8-6-3-5-7(11(15)16)10(8)12(17)18/h3,5-6H,2,4H2,1H3,(H,13,14)(H,15,16)(H,17,18). The van der Waals surface area contributed by atoms with Crippen molar-refractivity contribution in [2.45, 2.75) is 19.8 Å². The van der Waals surface area contributed by atoms with Gasteiger partial charge in [-0.2, -0.15) is 0 Å². The van der Waals surface area contributed by atoms with Crippen LogP contribution in [0.5, 0.6) is 0 Å². The maximum absolute atomic E-state index is 11.4. The molecule has 3 N–H and O–H groups in total. The van der Waals surface area contributed by atoms with Gasteiger partial charge in [-0.05, 0) is 18.6 Å². The molecule has 1 aromatic rings. The second-order valence-electron chi connectivity index (χ2n) is 3.64. The van der Waals surface area contributed by atoms with E-state index in [-0.39, 0.29) is 23.6 Å². The molecule has 0 saturated carbocycles. The Kier molecular flexibility index (Phi) is 4.42. The molecule has 0 aliphatic carbocycles. The monoisotopic (exact) mass is 251 g/mol. The predicted octanol–water partition coefficient (Wildman–Crippen LogP) is 1.82. The third kappa shape index (κ3) is 3.07. The van der Waals surface area contributed by atoms with Crippen LogP contribution in [0.15, 0.2) is 18.2 Å². The van der Waals surface area contributed by atoms with Crippen molar-refractivity contribution in [2.24, 2.45) is 0 Å². The molecule has 6 heteroatoms. The minimum absolute atomic E-state index is 0.000787. The number of aromatic carboxylic acids is 2. The second kappa shape index (κ2) is 5.81. The molecule has 0 aromatic heterocycles. The number of rotatable bonds is 5. The maximum Gasteiger partial charge on any atom is 0.338 e. The molecule has 0 heterocycles. The fourth-order valence-electron chi connectivity index (χ4n) is 1.50. The van der Waals surface area contributed by atoms with Crippen molar-refractivity contribution in [2.75, 3.05) is 5.32 Å². The van der Waals surface area contributed by atoms with Gasteiger partial charge >= 0.3 is 11.9 Å². The first-order valence-electron chi connectivity index (χ1n) is 5.36. The van der Waals surface area contributed by atoms with E-state index in [4.69, 9.17) is 10.2 Å². The summed E-state index contributed by atoms with van der Waals surface area (Å²) in [7, 11) is 0. The number of amides is 1. The van der Waals surface area contributed by atoms with E-state index < -0.39 is 17.5 Å². The minimum Gasteiger partial charge on any atom is -0.478 e. The summed E-state index contributed by atoms with van der Waals surface area (Å²) in [4.78, 5) is 33.4. The number of hydrogen-bond acceptors (Lipinski definition) is 3. The van der Waals surface area contributed by atoms with E-state index in [2.05, 4.69) is 5.32 Å². The summed E-state index contributed by atoms with van der Waals surface area (Å²) in [5, 5.41) is 20.3. The Morgan fingerprint density at radius 1 is 1.17 bits per heavy atom. The summed E-state index contributed by atoms with van der Waals surface area (Å²) in [6, 6.07) is 3.93. The van der Waals surface area contributed by atoms with Gasteiger partial charge in [-0.3, -0.25) is 4.79 Å². The SMILES string of the molecule is CCCC(=O)Nc1cccc(C(=O)O)c1C(=O)O. The number of anilines is 1. The Morgan fingerprint density at radius 3 is 2.33 bits per heavy atom. The van der Waals surface area contributed by atoms with Crippen LogP contribution in [0.2, 0.25) is 0 Å². The van der Waals surface area contributed by atoms with Gasteiger partial charge in [0, 0.05) is 6.42 Å². The van der Waals surface area contributed by atoms with Crippen LogP contribution in [0, 0.1) is 0 Å². The molecule has 0 saturated heterocycles. The van der Waals surface area contributed by atoms with E-state index >= 15 is 0 Å². The molecule has 0 unspecified atom stereocenters. The number of carbonyl (C=O) groups excluding carboxylic acids is 1. The summed E-state index contributed by atoms with van der Waals surface area (Å²) in [5.74, 6) is -3.08. The number of carbonyl (C=O) groups is 3. The van der Waals surface area contributed by atoms with Crippen LogP contribution in [-0.2, 0) is 4.79 Å². The Morgan fingerprint density at radius 2 is 1.83 bits per heavy atom. The first-order chi connectivity index (χ1) is 8.47. The molecule has 6 nitrogen and oxygen atoms in total. The molecule has 0 aliphatic rings. The van der Waals surface area contributed by atoms with Crippen LogP contribution in [0.25, 0.3) is 0 Å². The highest BCUT2D eigenvalue weighted by molar-refractivity contribution is 6.08. The van der Waals surface area contributed by atoms with Crippen molar-refractivity contribution in [1.82, 2.24) is 0 Å². The van der Waals surface area contributed by atoms with Crippen LogP contribution >= 0.6 is 0 Å². The molecule has 1 rings (SSSR count). The Hall–Kier alpha value is -2.37. The summed E-state index contributed by atoms with van der Waals surface area (Å²) in [5.41, 5.74) is -0.757. The first-order valence-corrected chi connectivity index (χ1v) is 5.36. The summed E-state index contributed by atoms with van der Waals surface area (Å²) < 4.78 is 0. The largest absolute Gasteiger partial charge is 0.478 e. The number of carboxylic acids is 2. The van der Waals surface area contributed by atoms with Gasteiger partial charge in [-0.25, -0.2) is 9.59 Å². The van der Waals surface area contributed by atoms with Crippen molar-refractivity contribution >= 4 is 23.5 Å². The fraction of sp³-hybridized carbons (Fsp3) is 0.250. The Bertz CT molecular complexity index is 495. The maximum atomic E-state index is 11.4. The Balaban J connectivity index is 3.19. The van der Waals surface area contributed by atoms with Gasteiger partial charge in [0.2, 0.25) is 5.91 Å². The molecule has 0 bridgehead atoms.